The van der Waals surface area contributed by atoms with Crippen LogP contribution in [-0.2, 0) is 0 Å². The Labute approximate surface area is 122 Å². The van der Waals surface area contributed by atoms with Gasteiger partial charge in [0.2, 0.25) is 0 Å². The van der Waals surface area contributed by atoms with Crippen LogP contribution in [0.15, 0.2) is 24.3 Å². The fourth-order valence-corrected chi connectivity index (χ4v) is 2.88. The first-order valence-corrected chi connectivity index (χ1v) is 7.60. The third-order valence-corrected chi connectivity index (χ3v) is 4.62. The molecule has 0 saturated carbocycles. The van der Waals surface area contributed by atoms with E-state index in [1.807, 2.05) is 12.1 Å². The Bertz CT molecular complexity index is 415. The summed E-state index contributed by atoms with van der Waals surface area (Å²) < 4.78 is 0. The Hall–Kier alpha value is -0.730. The van der Waals surface area contributed by atoms with Gasteiger partial charge in [-0.1, -0.05) is 32.4 Å². The van der Waals surface area contributed by atoms with Gasteiger partial charge in [0, 0.05) is 35.4 Å². The number of benzene rings is 1. The summed E-state index contributed by atoms with van der Waals surface area (Å²) in [5.74, 6) is 0.629. The third-order valence-electron chi connectivity index (χ3n) is 4.37. The quantitative estimate of drug-likeness (QED) is 0.902. The fraction of sp³-hybridized carbons (Fsp3) is 0.625. The summed E-state index contributed by atoms with van der Waals surface area (Å²) in [6.07, 6.45) is 1.14. The number of nitrogens with one attached hydrogen (secondary N) is 1. The van der Waals surface area contributed by atoms with Crippen LogP contribution in [0.25, 0.3) is 0 Å². The van der Waals surface area contributed by atoms with Crippen molar-refractivity contribution < 1.29 is 0 Å². The normalized spacial score (nSPS) is 27.9. The molecule has 0 amide bonds. The van der Waals surface area contributed by atoms with Gasteiger partial charge < -0.3 is 10.2 Å². The lowest BCUT2D eigenvalue weighted by atomic mass is 9.89. The van der Waals surface area contributed by atoms with Gasteiger partial charge in [-0.3, -0.25) is 0 Å². The van der Waals surface area contributed by atoms with E-state index in [2.05, 4.69) is 50.0 Å². The average molecular weight is 281 g/mol. The molecule has 3 heteroatoms. The summed E-state index contributed by atoms with van der Waals surface area (Å²) in [7, 11) is 0. The maximum Gasteiger partial charge on any atom is 0.0438 e. The standard InChI is InChI=1S/C16H25ClN2/c1-5-16(4)11-19(15(10-18-16)12(2)3)14-8-6-13(17)7-9-14/h6-9,12,15,18H,5,10-11H2,1-4H3. The maximum atomic E-state index is 6.00. The summed E-state index contributed by atoms with van der Waals surface area (Å²) in [6.45, 7) is 11.3. The molecule has 2 unspecified atom stereocenters. The number of hydrogen-bond acceptors (Lipinski definition) is 2. The summed E-state index contributed by atoms with van der Waals surface area (Å²) in [5.41, 5.74) is 1.48. The van der Waals surface area contributed by atoms with Crippen molar-refractivity contribution in [3.05, 3.63) is 29.3 Å². The van der Waals surface area contributed by atoms with Gasteiger partial charge in [-0.15, -0.1) is 0 Å². The van der Waals surface area contributed by atoms with Gasteiger partial charge in [0.15, 0.2) is 0 Å². The number of rotatable bonds is 3. The number of halogens is 1. The lowest BCUT2D eigenvalue weighted by molar-refractivity contribution is 0.253. The second-order valence-corrected chi connectivity index (χ2v) is 6.65. The molecule has 2 nitrogen and oxygen atoms in total. The summed E-state index contributed by atoms with van der Waals surface area (Å²) in [6, 6.07) is 8.79. The number of anilines is 1. The highest BCUT2D eigenvalue weighted by Crippen LogP contribution is 2.29. The van der Waals surface area contributed by atoms with Crippen molar-refractivity contribution in [1.29, 1.82) is 0 Å². The Morgan fingerprint density at radius 1 is 1.37 bits per heavy atom. The minimum absolute atomic E-state index is 0.199. The topological polar surface area (TPSA) is 15.3 Å². The highest BCUT2D eigenvalue weighted by atomic mass is 35.5. The lowest BCUT2D eigenvalue weighted by Gasteiger charge is -2.48. The molecule has 1 aromatic rings. The molecule has 0 aromatic heterocycles. The molecular formula is C16H25ClN2. The van der Waals surface area contributed by atoms with E-state index in [9.17, 15) is 0 Å². The van der Waals surface area contributed by atoms with E-state index in [4.69, 9.17) is 11.6 Å². The molecule has 0 radical (unpaired) electrons. The van der Waals surface area contributed by atoms with E-state index in [1.165, 1.54) is 5.69 Å². The van der Waals surface area contributed by atoms with Crippen molar-refractivity contribution >= 4 is 17.3 Å². The molecule has 2 atom stereocenters. The lowest BCUT2D eigenvalue weighted by Crippen LogP contribution is -2.64. The molecular weight excluding hydrogens is 256 g/mol. The Morgan fingerprint density at radius 2 is 2.00 bits per heavy atom. The maximum absolute atomic E-state index is 6.00. The predicted octanol–water partition coefficient (Wildman–Crippen LogP) is 3.94. The Kier molecular flexibility index (Phi) is 4.42. The molecule has 1 N–H and O–H groups in total. The smallest absolute Gasteiger partial charge is 0.0438 e. The van der Waals surface area contributed by atoms with E-state index in [-0.39, 0.29) is 5.54 Å². The van der Waals surface area contributed by atoms with Gasteiger partial charge in [0.05, 0.1) is 0 Å². The van der Waals surface area contributed by atoms with E-state index in [0.29, 0.717) is 12.0 Å². The molecule has 2 rings (SSSR count). The zero-order valence-electron chi connectivity index (χ0n) is 12.4. The van der Waals surface area contributed by atoms with Crippen LogP contribution in [0.5, 0.6) is 0 Å². The molecule has 106 valence electrons. The zero-order chi connectivity index (χ0) is 14.0. The summed E-state index contributed by atoms with van der Waals surface area (Å²) in [4.78, 5) is 2.54. The van der Waals surface area contributed by atoms with Crippen molar-refractivity contribution in [3.63, 3.8) is 0 Å². The minimum atomic E-state index is 0.199. The largest absolute Gasteiger partial charge is 0.365 e. The fourth-order valence-electron chi connectivity index (χ4n) is 2.76. The van der Waals surface area contributed by atoms with Crippen molar-refractivity contribution in [1.82, 2.24) is 5.32 Å². The van der Waals surface area contributed by atoms with Crippen LogP contribution in [0, 0.1) is 5.92 Å². The Morgan fingerprint density at radius 3 is 2.53 bits per heavy atom. The van der Waals surface area contributed by atoms with Gasteiger partial charge in [-0.2, -0.15) is 0 Å². The monoisotopic (exact) mass is 280 g/mol. The SMILES string of the molecule is CCC1(C)CN(c2ccc(Cl)cc2)C(C(C)C)CN1. The molecule has 1 aromatic carbocycles. The highest BCUT2D eigenvalue weighted by Gasteiger charge is 2.35. The number of hydrogen-bond donors (Lipinski definition) is 1. The van der Waals surface area contributed by atoms with Crippen molar-refractivity contribution in [2.24, 2.45) is 5.92 Å². The average Bonchev–Trinajstić information content (AvgIpc) is 2.39. The van der Waals surface area contributed by atoms with Gasteiger partial charge in [-0.25, -0.2) is 0 Å². The van der Waals surface area contributed by atoms with Gasteiger partial charge in [0.25, 0.3) is 0 Å². The first kappa shape index (κ1) is 14.7. The molecule has 1 fully saturated rings. The minimum Gasteiger partial charge on any atom is -0.365 e. The zero-order valence-corrected chi connectivity index (χ0v) is 13.2. The second kappa shape index (κ2) is 5.72. The molecule has 0 aliphatic carbocycles. The summed E-state index contributed by atoms with van der Waals surface area (Å²) >= 11 is 6.00. The van der Waals surface area contributed by atoms with Crippen LogP contribution in [0.4, 0.5) is 5.69 Å². The first-order chi connectivity index (χ1) is 8.95. The van der Waals surface area contributed by atoms with Crippen LogP contribution in [-0.4, -0.2) is 24.7 Å². The molecule has 1 aliphatic rings. The van der Waals surface area contributed by atoms with Crippen LogP contribution >= 0.6 is 11.6 Å². The van der Waals surface area contributed by atoms with Crippen molar-refractivity contribution in [3.8, 4) is 0 Å². The van der Waals surface area contributed by atoms with Crippen molar-refractivity contribution in [2.45, 2.75) is 45.7 Å². The van der Waals surface area contributed by atoms with Crippen LogP contribution in [0.3, 0.4) is 0 Å². The Balaban J connectivity index is 2.27. The van der Waals surface area contributed by atoms with E-state index >= 15 is 0 Å². The van der Waals surface area contributed by atoms with Crippen LogP contribution in [0.2, 0.25) is 5.02 Å². The van der Waals surface area contributed by atoms with E-state index in [1.54, 1.807) is 0 Å². The van der Waals surface area contributed by atoms with E-state index < -0.39 is 0 Å². The van der Waals surface area contributed by atoms with Gasteiger partial charge in [-0.05, 0) is 43.5 Å². The van der Waals surface area contributed by atoms with Gasteiger partial charge >= 0.3 is 0 Å². The molecule has 19 heavy (non-hydrogen) atoms. The first-order valence-electron chi connectivity index (χ1n) is 7.22. The van der Waals surface area contributed by atoms with Crippen LogP contribution in [0.1, 0.15) is 34.1 Å². The van der Waals surface area contributed by atoms with Gasteiger partial charge in [0.1, 0.15) is 0 Å². The highest BCUT2D eigenvalue weighted by molar-refractivity contribution is 6.30. The number of piperazine rings is 1. The second-order valence-electron chi connectivity index (χ2n) is 6.21. The number of nitrogens with zero attached hydrogens (tertiary/aromatic N) is 1. The predicted molar refractivity (Wildman–Crippen MR) is 84.1 cm³/mol. The third kappa shape index (κ3) is 3.24. The molecule has 0 spiro atoms. The van der Waals surface area contributed by atoms with Crippen molar-refractivity contribution in [2.75, 3.05) is 18.0 Å². The molecule has 1 aliphatic heterocycles. The summed E-state index contributed by atoms with van der Waals surface area (Å²) in [5, 5.41) is 4.52. The molecule has 1 saturated heterocycles. The van der Waals surface area contributed by atoms with Crippen LogP contribution < -0.4 is 10.2 Å². The molecule has 1 heterocycles. The van der Waals surface area contributed by atoms with E-state index in [0.717, 1.165) is 24.5 Å². The molecule has 0 bridgehead atoms.